The van der Waals surface area contributed by atoms with Gasteiger partial charge in [-0.1, -0.05) is 93.1 Å². The molecule has 0 atom stereocenters. The van der Waals surface area contributed by atoms with Crippen molar-refractivity contribution in [2.45, 2.75) is 109 Å². The molecule has 0 amide bonds. The van der Waals surface area contributed by atoms with Gasteiger partial charge < -0.3 is 0 Å². The number of aryl methyl sites for hydroxylation is 4. The van der Waals surface area contributed by atoms with Crippen LogP contribution >= 0.6 is 11.6 Å². The van der Waals surface area contributed by atoms with Gasteiger partial charge >= 0.3 is 0 Å². The molecule has 1 fully saturated rings. The van der Waals surface area contributed by atoms with E-state index in [-0.39, 0.29) is 10.8 Å². The highest BCUT2D eigenvalue weighted by atomic mass is 35.5. The Labute approximate surface area is 240 Å². The van der Waals surface area contributed by atoms with Crippen molar-refractivity contribution >= 4 is 11.6 Å². The Balaban J connectivity index is 1.16. The van der Waals surface area contributed by atoms with Crippen molar-refractivity contribution in [3.05, 3.63) is 105 Å². The first-order chi connectivity index (χ1) is 19.0. The average Bonchev–Trinajstić information content (AvgIpc) is 2.96. The van der Waals surface area contributed by atoms with Crippen LogP contribution in [0.5, 0.6) is 0 Å². The topological polar surface area (TPSA) is 0 Å². The number of halogens is 3. The van der Waals surface area contributed by atoms with E-state index in [2.05, 4.69) is 37.3 Å². The summed E-state index contributed by atoms with van der Waals surface area (Å²) >= 11 is 5.76. The Kier molecular flexibility index (Phi) is 11.9. The number of benzene rings is 3. The third kappa shape index (κ3) is 9.45. The van der Waals surface area contributed by atoms with Gasteiger partial charge in [-0.3, -0.25) is 0 Å². The summed E-state index contributed by atoms with van der Waals surface area (Å²) in [5.41, 5.74) is 5.60. The van der Waals surface area contributed by atoms with Gasteiger partial charge in [0.15, 0.2) is 0 Å². The fourth-order valence-corrected chi connectivity index (χ4v) is 6.26. The van der Waals surface area contributed by atoms with E-state index in [0.29, 0.717) is 24.3 Å². The molecule has 210 valence electrons. The predicted molar refractivity (Wildman–Crippen MR) is 162 cm³/mol. The second-order valence-electron chi connectivity index (χ2n) is 11.7. The standard InChI is InChI=1S/C36H45ClF2/c1-2-3-4-5-6-7-8-27-11-18-31(19-12-27)32-20-13-28(14-21-32)9-10-29-15-22-33(35(38)25-29)23-16-30-17-24-34(37)36(39)26-30/h11-12,15,17-19,22,24-26,28,32H,2-10,13-14,16,20-21,23H2,1H3/t28-,32-. The van der Waals surface area contributed by atoms with Gasteiger partial charge in [0.05, 0.1) is 5.02 Å². The SMILES string of the molecule is CCCCCCCCc1ccc([C@H]2CC[C@H](CCc3ccc(CCc4ccc(Cl)c(F)c4)c(F)c3)CC2)cc1. The van der Waals surface area contributed by atoms with E-state index in [1.165, 1.54) is 87.8 Å². The summed E-state index contributed by atoms with van der Waals surface area (Å²) in [5, 5.41) is 0.121. The quantitative estimate of drug-likeness (QED) is 0.175. The summed E-state index contributed by atoms with van der Waals surface area (Å²) in [7, 11) is 0. The van der Waals surface area contributed by atoms with Crippen LogP contribution in [0.1, 0.15) is 111 Å². The van der Waals surface area contributed by atoms with Crippen LogP contribution in [0.15, 0.2) is 60.7 Å². The van der Waals surface area contributed by atoms with E-state index in [4.69, 9.17) is 11.6 Å². The third-order valence-corrected chi connectivity index (χ3v) is 9.05. The van der Waals surface area contributed by atoms with Crippen molar-refractivity contribution in [1.82, 2.24) is 0 Å². The zero-order chi connectivity index (χ0) is 27.5. The number of rotatable bonds is 14. The summed E-state index contributed by atoms with van der Waals surface area (Å²) in [5.74, 6) is 0.854. The van der Waals surface area contributed by atoms with Crippen LogP contribution in [0.25, 0.3) is 0 Å². The van der Waals surface area contributed by atoms with Crippen LogP contribution in [0.3, 0.4) is 0 Å². The molecule has 3 heteroatoms. The molecule has 0 radical (unpaired) electrons. The van der Waals surface area contributed by atoms with Crippen LogP contribution in [0.2, 0.25) is 5.02 Å². The van der Waals surface area contributed by atoms with Gasteiger partial charge in [0.25, 0.3) is 0 Å². The lowest BCUT2D eigenvalue weighted by molar-refractivity contribution is 0.310. The minimum Gasteiger partial charge on any atom is -0.207 e. The third-order valence-electron chi connectivity index (χ3n) is 8.74. The first-order valence-corrected chi connectivity index (χ1v) is 15.7. The zero-order valence-corrected chi connectivity index (χ0v) is 24.4. The smallest absolute Gasteiger partial charge is 0.142 e. The second kappa shape index (κ2) is 15.6. The lowest BCUT2D eigenvalue weighted by Gasteiger charge is -2.29. The molecule has 3 aromatic carbocycles. The molecule has 0 spiro atoms. The Hall–Kier alpha value is -2.19. The van der Waals surface area contributed by atoms with Gasteiger partial charge in [0.2, 0.25) is 0 Å². The Morgan fingerprint density at radius 3 is 2.00 bits per heavy atom. The van der Waals surface area contributed by atoms with Gasteiger partial charge in [0.1, 0.15) is 11.6 Å². The van der Waals surface area contributed by atoms with E-state index in [9.17, 15) is 8.78 Å². The van der Waals surface area contributed by atoms with Crippen molar-refractivity contribution in [3.63, 3.8) is 0 Å². The molecule has 0 heterocycles. The van der Waals surface area contributed by atoms with Crippen molar-refractivity contribution in [3.8, 4) is 0 Å². The molecule has 0 N–H and O–H groups in total. The molecular formula is C36H45ClF2. The first kappa shape index (κ1) is 29.8. The molecule has 3 aromatic rings. The summed E-state index contributed by atoms with van der Waals surface area (Å²) in [4.78, 5) is 0. The van der Waals surface area contributed by atoms with Gasteiger partial charge in [0, 0.05) is 0 Å². The Morgan fingerprint density at radius 1 is 0.641 bits per heavy atom. The van der Waals surface area contributed by atoms with Crippen LogP contribution in [0.4, 0.5) is 8.78 Å². The van der Waals surface area contributed by atoms with Gasteiger partial charge in [-0.2, -0.15) is 0 Å². The normalized spacial score (nSPS) is 17.4. The lowest BCUT2D eigenvalue weighted by Crippen LogP contribution is -2.14. The van der Waals surface area contributed by atoms with Gasteiger partial charge in [-0.15, -0.1) is 0 Å². The second-order valence-corrected chi connectivity index (χ2v) is 12.1. The van der Waals surface area contributed by atoms with Crippen LogP contribution in [-0.4, -0.2) is 0 Å². The van der Waals surface area contributed by atoms with Crippen molar-refractivity contribution in [2.75, 3.05) is 0 Å². The van der Waals surface area contributed by atoms with Crippen molar-refractivity contribution < 1.29 is 8.78 Å². The molecule has 0 nitrogen and oxygen atoms in total. The molecule has 0 aliphatic heterocycles. The molecule has 0 saturated heterocycles. The van der Waals surface area contributed by atoms with Crippen LogP contribution in [0, 0.1) is 17.6 Å². The Morgan fingerprint density at radius 2 is 1.28 bits per heavy atom. The van der Waals surface area contributed by atoms with Crippen molar-refractivity contribution in [1.29, 1.82) is 0 Å². The summed E-state index contributed by atoms with van der Waals surface area (Å²) in [6.07, 6.45) is 17.6. The molecule has 1 aliphatic carbocycles. The summed E-state index contributed by atoms with van der Waals surface area (Å²) in [6, 6.07) is 20.0. The number of hydrogen-bond donors (Lipinski definition) is 0. The number of hydrogen-bond acceptors (Lipinski definition) is 0. The largest absolute Gasteiger partial charge is 0.207 e. The molecular weight excluding hydrogens is 506 g/mol. The van der Waals surface area contributed by atoms with E-state index < -0.39 is 5.82 Å². The van der Waals surface area contributed by atoms with Gasteiger partial charge in [-0.05, 0) is 122 Å². The predicted octanol–water partition coefficient (Wildman–Crippen LogP) is 11.2. The minimum absolute atomic E-state index is 0.121. The maximum absolute atomic E-state index is 14.8. The highest BCUT2D eigenvalue weighted by molar-refractivity contribution is 6.30. The molecule has 0 aromatic heterocycles. The van der Waals surface area contributed by atoms with Crippen LogP contribution in [-0.2, 0) is 25.7 Å². The highest BCUT2D eigenvalue weighted by Gasteiger charge is 2.22. The monoisotopic (exact) mass is 550 g/mol. The fourth-order valence-electron chi connectivity index (χ4n) is 6.14. The lowest BCUT2D eigenvalue weighted by atomic mass is 9.76. The van der Waals surface area contributed by atoms with Crippen LogP contribution < -0.4 is 0 Å². The molecule has 39 heavy (non-hydrogen) atoms. The van der Waals surface area contributed by atoms with E-state index in [1.807, 2.05) is 6.07 Å². The molecule has 0 unspecified atom stereocenters. The van der Waals surface area contributed by atoms with Gasteiger partial charge in [-0.25, -0.2) is 8.78 Å². The summed E-state index contributed by atoms with van der Waals surface area (Å²) < 4.78 is 28.4. The number of unbranched alkanes of at least 4 members (excludes halogenated alkanes) is 5. The maximum atomic E-state index is 14.8. The molecule has 4 rings (SSSR count). The van der Waals surface area contributed by atoms with Crippen molar-refractivity contribution in [2.24, 2.45) is 5.92 Å². The summed E-state index contributed by atoms with van der Waals surface area (Å²) in [6.45, 7) is 2.27. The molecule has 1 saturated carbocycles. The minimum atomic E-state index is -0.421. The molecule has 0 bridgehead atoms. The maximum Gasteiger partial charge on any atom is 0.142 e. The fraction of sp³-hybridized carbons (Fsp3) is 0.500. The van der Waals surface area contributed by atoms with E-state index >= 15 is 0 Å². The Bertz CT molecular complexity index is 1150. The first-order valence-electron chi connectivity index (χ1n) is 15.3. The highest BCUT2D eigenvalue weighted by Crippen LogP contribution is 2.37. The zero-order valence-electron chi connectivity index (χ0n) is 23.7. The van der Waals surface area contributed by atoms with E-state index in [0.717, 1.165) is 29.9 Å². The van der Waals surface area contributed by atoms with E-state index in [1.54, 1.807) is 18.2 Å². The average molecular weight is 551 g/mol. The molecule has 1 aliphatic rings.